The first-order valence-electron chi connectivity index (χ1n) is 11.4. The third-order valence-electron chi connectivity index (χ3n) is 6.25. The van der Waals surface area contributed by atoms with Gasteiger partial charge in [0.05, 0.1) is 32.1 Å². The Bertz CT molecular complexity index is 885. The van der Waals surface area contributed by atoms with E-state index < -0.39 is 0 Å². The Balaban J connectivity index is 1.37. The highest BCUT2D eigenvalue weighted by Gasteiger charge is 2.27. The zero-order valence-electron chi connectivity index (χ0n) is 19.4. The number of piperazine rings is 1. The second kappa shape index (κ2) is 10.7. The topological polar surface area (TPSA) is 65.7 Å². The molecule has 174 valence electrons. The second-order valence-electron chi connectivity index (χ2n) is 8.19. The Morgan fingerprint density at radius 1 is 1.06 bits per heavy atom. The Kier molecular flexibility index (Phi) is 7.55. The van der Waals surface area contributed by atoms with E-state index in [1.807, 2.05) is 32.2 Å². The lowest BCUT2D eigenvalue weighted by Crippen LogP contribution is -2.54. The van der Waals surface area contributed by atoms with Gasteiger partial charge in [-0.15, -0.1) is 0 Å². The van der Waals surface area contributed by atoms with E-state index in [4.69, 9.17) is 13.9 Å². The average molecular weight is 442 g/mol. The van der Waals surface area contributed by atoms with Gasteiger partial charge in [0.2, 0.25) is 0 Å². The molecule has 2 aliphatic heterocycles. The lowest BCUT2D eigenvalue weighted by Gasteiger charge is -2.39. The van der Waals surface area contributed by atoms with E-state index in [9.17, 15) is 0 Å². The molecule has 1 atom stereocenters. The summed E-state index contributed by atoms with van der Waals surface area (Å²) in [6.07, 6.45) is 0. The maximum Gasteiger partial charge on any atom is 0.193 e. The number of nitrogens with zero attached hydrogens (tertiary/aromatic N) is 4. The summed E-state index contributed by atoms with van der Waals surface area (Å²) < 4.78 is 17.1. The van der Waals surface area contributed by atoms with Crippen molar-refractivity contribution < 1.29 is 13.9 Å². The highest BCUT2D eigenvalue weighted by molar-refractivity contribution is 5.80. The minimum absolute atomic E-state index is 0.152. The summed E-state index contributed by atoms with van der Waals surface area (Å²) in [6, 6.07) is 12.5. The summed E-state index contributed by atoms with van der Waals surface area (Å²) in [5.41, 5.74) is 1.15. The third kappa shape index (κ3) is 5.19. The lowest BCUT2D eigenvalue weighted by molar-refractivity contribution is 0.0123. The number of morpholine rings is 1. The molecule has 2 aromatic rings. The van der Waals surface area contributed by atoms with Gasteiger partial charge in [0, 0.05) is 52.9 Å². The Morgan fingerprint density at radius 3 is 2.47 bits per heavy atom. The van der Waals surface area contributed by atoms with Crippen LogP contribution < -0.4 is 15.0 Å². The number of benzene rings is 1. The van der Waals surface area contributed by atoms with Crippen LogP contribution in [-0.4, -0.2) is 88.9 Å². The number of rotatable bonds is 6. The molecule has 8 nitrogen and oxygen atoms in total. The Hall–Kier alpha value is -2.71. The Morgan fingerprint density at radius 2 is 1.81 bits per heavy atom. The fraction of sp³-hybridized carbons (Fsp3) is 0.542. The standard InChI is InChI=1S/C24H35N5O3/c1-19-8-9-23(32-19)21(28-14-16-31-17-15-28)18-26-24(25-2)29-12-10-27(11-13-29)20-6-4-5-7-22(20)30-3/h4-9,21H,10-18H2,1-3H3,(H,25,26). The SMILES string of the molecule is CN=C(NCC(c1ccc(C)o1)N1CCOCC1)N1CCN(c2ccccc2OC)CC1. The Labute approximate surface area is 190 Å². The van der Waals surface area contributed by atoms with Crippen LogP contribution in [0, 0.1) is 6.92 Å². The second-order valence-corrected chi connectivity index (χ2v) is 8.19. The normalized spacial score (nSPS) is 19.2. The average Bonchev–Trinajstić information content (AvgIpc) is 3.28. The number of guanidine groups is 1. The number of hydrogen-bond donors (Lipinski definition) is 1. The number of hydrogen-bond acceptors (Lipinski definition) is 6. The molecule has 0 saturated carbocycles. The van der Waals surface area contributed by atoms with Crippen molar-refractivity contribution in [2.75, 3.05) is 78.1 Å². The van der Waals surface area contributed by atoms with Gasteiger partial charge in [-0.1, -0.05) is 12.1 Å². The molecule has 32 heavy (non-hydrogen) atoms. The summed E-state index contributed by atoms with van der Waals surface area (Å²) >= 11 is 0. The van der Waals surface area contributed by atoms with Crippen LogP contribution in [0.25, 0.3) is 0 Å². The number of ether oxygens (including phenoxy) is 2. The van der Waals surface area contributed by atoms with E-state index in [0.717, 1.165) is 87.9 Å². The summed E-state index contributed by atoms with van der Waals surface area (Å²) in [7, 11) is 3.59. The number of para-hydroxylation sites is 2. The summed E-state index contributed by atoms with van der Waals surface area (Å²) in [5.74, 6) is 3.79. The predicted molar refractivity (Wildman–Crippen MR) is 127 cm³/mol. The summed E-state index contributed by atoms with van der Waals surface area (Å²) in [4.78, 5) is 11.7. The van der Waals surface area contributed by atoms with E-state index >= 15 is 0 Å². The molecule has 0 amide bonds. The van der Waals surface area contributed by atoms with Gasteiger partial charge in [0.25, 0.3) is 0 Å². The summed E-state index contributed by atoms with van der Waals surface area (Å²) in [6.45, 7) is 9.71. The molecule has 3 heterocycles. The van der Waals surface area contributed by atoms with Gasteiger partial charge in [-0.05, 0) is 31.2 Å². The van der Waals surface area contributed by atoms with Crippen molar-refractivity contribution in [2.24, 2.45) is 4.99 Å². The first kappa shape index (κ1) is 22.5. The van der Waals surface area contributed by atoms with Crippen LogP contribution in [0.3, 0.4) is 0 Å². The fourth-order valence-electron chi connectivity index (χ4n) is 4.50. The van der Waals surface area contributed by atoms with Crippen molar-refractivity contribution in [1.82, 2.24) is 15.1 Å². The van der Waals surface area contributed by atoms with Gasteiger partial charge in [-0.3, -0.25) is 9.89 Å². The molecule has 0 bridgehead atoms. The van der Waals surface area contributed by atoms with Gasteiger partial charge in [0.1, 0.15) is 17.3 Å². The number of nitrogens with one attached hydrogen (secondary N) is 1. The van der Waals surface area contributed by atoms with Gasteiger partial charge in [0.15, 0.2) is 5.96 Å². The van der Waals surface area contributed by atoms with E-state index in [1.54, 1.807) is 7.11 Å². The van der Waals surface area contributed by atoms with Crippen molar-refractivity contribution in [1.29, 1.82) is 0 Å². The van der Waals surface area contributed by atoms with Crippen LogP contribution in [0.1, 0.15) is 17.6 Å². The van der Waals surface area contributed by atoms with Gasteiger partial charge >= 0.3 is 0 Å². The highest BCUT2D eigenvalue weighted by Crippen LogP contribution is 2.28. The molecule has 2 saturated heterocycles. The van der Waals surface area contributed by atoms with Crippen LogP contribution in [0.2, 0.25) is 0 Å². The quantitative estimate of drug-likeness (QED) is 0.545. The zero-order chi connectivity index (χ0) is 22.3. The highest BCUT2D eigenvalue weighted by atomic mass is 16.5. The molecule has 8 heteroatoms. The van der Waals surface area contributed by atoms with Crippen molar-refractivity contribution in [3.63, 3.8) is 0 Å². The van der Waals surface area contributed by atoms with E-state index in [1.165, 1.54) is 0 Å². The molecular formula is C24H35N5O3. The minimum atomic E-state index is 0.152. The third-order valence-corrected chi connectivity index (χ3v) is 6.25. The molecule has 0 spiro atoms. The molecule has 1 unspecified atom stereocenters. The number of furan rings is 1. The summed E-state index contributed by atoms with van der Waals surface area (Å²) in [5, 5.41) is 3.61. The molecule has 1 aromatic carbocycles. The van der Waals surface area contributed by atoms with Gasteiger partial charge in [-0.2, -0.15) is 0 Å². The van der Waals surface area contributed by atoms with Crippen molar-refractivity contribution >= 4 is 11.6 Å². The van der Waals surface area contributed by atoms with Gasteiger partial charge < -0.3 is 29.0 Å². The predicted octanol–water partition coefficient (Wildman–Crippen LogP) is 2.37. The number of aryl methyl sites for hydroxylation is 1. The molecule has 0 radical (unpaired) electrons. The van der Waals surface area contributed by atoms with E-state index in [2.05, 4.69) is 43.2 Å². The molecule has 2 aliphatic rings. The molecule has 1 N–H and O–H groups in total. The van der Waals surface area contributed by atoms with Crippen LogP contribution in [0.5, 0.6) is 5.75 Å². The number of anilines is 1. The van der Waals surface area contributed by atoms with Crippen molar-refractivity contribution in [3.8, 4) is 5.75 Å². The first-order chi connectivity index (χ1) is 15.7. The van der Waals surface area contributed by atoms with E-state index in [0.29, 0.717) is 0 Å². The van der Waals surface area contributed by atoms with Crippen molar-refractivity contribution in [3.05, 3.63) is 47.9 Å². The molecule has 2 fully saturated rings. The monoisotopic (exact) mass is 441 g/mol. The largest absolute Gasteiger partial charge is 0.495 e. The zero-order valence-corrected chi connectivity index (χ0v) is 19.4. The number of aliphatic imine (C=N–C) groups is 1. The fourth-order valence-corrected chi connectivity index (χ4v) is 4.50. The van der Waals surface area contributed by atoms with Gasteiger partial charge in [-0.25, -0.2) is 0 Å². The molecule has 0 aliphatic carbocycles. The van der Waals surface area contributed by atoms with Crippen molar-refractivity contribution in [2.45, 2.75) is 13.0 Å². The smallest absolute Gasteiger partial charge is 0.193 e. The van der Waals surface area contributed by atoms with Crippen LogP contribution in [-0.2, 0) is 4.74 Å². The van der Waals surface area contributed by atoms with Crippen LogP contribution in [0.4, 0.5) is 5.69 Å². The maximum atomic E-state index is 6.00. The molecule has 1 aromatic heterocycles. The first-order valence-corrected chi connectivity index (χ1v) is 11.4. The molecule has 4 rings (SSSR count). The van der Waals surface area contributed by atoms with E-state index in [-0.39, 0.29) is 6.04 Å². The van der Waals surface area contributed by atoms with Crippen LogP contribution in [0.15, 0.2) is 45.8 Å². The molecular weight excluding hydrogens is 406 g/mol. The number of methoxy groups -OCH3 is 1. The van der Waals surface area contributed by atoms with Crippen LogP contribution >= 0.6 is 0 Å². The lowest BCUT2D eigenvalue weighted by atomic mass is 10.1. The minimum Gasteiger partial charge on any atom is -0.495 e. The maximum absolute atomic E-state index is 6.00.